The SMILES string of the molecule is O=C(C(OP(=O)(OC(C(=O)N1CCCCC1)=C(Cl)Cl)OC(C(=O)N1CCCCC1)=C(Cl)Cl)=C(Cl)Cl)N1CCCCC1. The zero-order valence-corrected chi connectivity index (χ0v) is 27.5. The third-order valence-electron chi connectivity index (χ3n) is 6.64. The topological polar surface area (TPSA) is 106 Å². The molecule has 17 heteroatoms. The second-order valence-electron chi connectivity index (χ2n) is 9.55. The van der Waals surface area contributed by atoms with Crippen molar-refractivity contribution in [2.24, 2.45) is 0 Å². The van der Waals surface area contributed by atoms with E-state index in [-0.39, 0.29) is 0 Å². The maximum absolute atomic E-state index is 14.3. The number of likely N-dealkylation sites (tertiary alicyclic amines) is 3. The minimum absolute atomic E-state index is 0.358. The van der Waals surface area contributed by atoms with Gasteiger partial charge in [-0.05, 0) is 57.8 Å². The molecule has 10 nitrogen and oxygen atoms in total. The predicted molar refractivity (Wildman–Crippen MR) is 158 cm³/mol. The predicted octanol–water partition coefficient (Wildman–Crippen LogP) is 7.12. The van der Waals surface area contributed by atoms with Gasteiger partial charge in [0.05, 0.1) is 0 Å². The Morgan fingerprint density at radius 3 is 0.854 bits per heavy atom. The standard InChI is InChI=1S/C24H30Cl6N3O7P/c25-19(26)16(22(34)31-10-4-1-5-11-31)38-41(37,39-17(20(27)28)23(35)32-12-6-2-7-13-32)40-18(21(29)30)24(36)33-14-8-3-9-15-33/h1-15H2. The van der Waals surface area contributed by atoms with Crippen LogP contribution in [0.5, 0.6) is 0 Å². The van der Waals surface area contributed by atoms with E-state index in [4.69, 9.17) is 83.2 Å². The van der Waals surface area contributed by atoms with Crippen molar-refractivity contribution in [1.82, 2.24) is 14.7 Å². The minimum Gasteiger partial charge on any atom is -0.377 e. The van der Waals surface area contributed by atoms with Crippen molar-refractivity contribution in [2.75, 3.05) is 39.3 Å². The van der Waals surface area contributed by atoms with E-state index in [9.17, 15) is 18.9 Å². The van der Waals surface area contributed by atoms with Crippen LogP contribution in [0, 0.1) is 0 Å². The van der Waals surface area contributed by atoms with Gasteiger partial charge in [-0.15, -0.1) is 0 Å². The van der Waals surface area contributed by atoms with Crippen molar-refractivity contribution in [3.8, 4) is 0 Å². The monoisotopic (exact) mass is 713 g/mol. The summed E-state index contributed by atoms with van der Waals surface area (Å²) in [4.78, 5) is 44.0. The summed E-state index contributed by atoms with van der Waals surface area (Å²) in [5, 5.41) is 0. The Morgan fingerprint density at radius 1 is 0.439 bits per heavy atom. The van der Waals surface area contributed by atoms with E-state index in [1.54, 1.807) is 0 Å². The third-order valence-corrected chi connectivity index (χ3v) is 8.89. The van der Waals surface area contributed by atoms with Crippen LogP contribution in [-0.2, 0) is 32.5 Å². The summed E-state index contributed by atoms with van der Waals surface area (Å²) in [7, 11) is -5.29. The number of piperidine rings is 3. The normalized spacial score (nSPS) is 17.8. The Bertz CT molecular complexity index is 997. The molecule has 0 radical (unpaired) electrons. The quantitative estimate of drug-likeness (QED) is 0.142. The van der Waals surface area contributed by atoms with Gasteiger partial charge in [0, 0.05) is 39.3 Å². The lowest BCUT2D eigenvalue weighted by atomic mass is 10.1. The first kappa shape index (κ1) is 34.5. The second kappa shape index (κ2) is 16.2. The molecule has 0 aromatic heterocycles. The van der Waals surface area contributed by atoms with Crippen molar-refractivity contribution in [3.63, 3.8) is 0 Å². The highest BCUT2D eigenvalue weighted by Gasteiger charge is 2.44. The molecule has 0 bridgehead atoms. The summed E-state index contributed by atoms with van der Waals surface area (Å²) < 4.78 is 28.5. The van der Waals surface area contributed by atoms with Gasteiger partial charge in [0.15, 0.2) is 13.5 Å². The van der Waals surface area contributed by atoms with Gasteiger partial charge >= 0.3 is 7.82 Å². The first-order valence-corrected chi connectivity index (χ1v) is 16.9. The number of nitrogens with zero attached hydrogens (tertiary/aromatic N) is 3. The maximum atomic E-state index is 14.3. The van der Waals surface area contributed by atoms with Crippen LogP contribution < -0.4 is 0 Å². The van der Waals surface area contributed by atoms with Gasteiger partial charge in [-0.1, -0.05) is 69.6 Å². The van der Waals surface area contributed by atoms with E-state index in [0.717, 1.165) is 19.3 Å². The molecular formula is C24H30Cl6N3O7P. The van der Waals surface area contributed by atoms with Gasteiger partial charge < -0.3 is 28.3 Å². The summed E-state index contributed by atoms with van der Waals surface area (Å²) in [6.45, 7) is 2.15. The lowest BCUT2D eigenvalue weighted by Crippen LogP contribution is -2.38. The van der Waals surface area contributed by atoms with Gasteiger partial charge in [0.2, 0.25) is 17.3 Å². The molecular weight excluding hydrogens is 686 g/mol. The van der Waals surface area contributed by atoms with Crippen LogP contribution in [0.4, 0.5) is 0 Å². The molecule has 0 spiro atoms. The van der Waals surface area contributed by atoms with Gasteiger partial charge in [-0.3, -0.25) is 14.4 Å². The fourth-order valence-electron chi connectivity index (χ4n) is 4.58. The molecule has 0 aromatic rings. The van der Waals surface area contributed by atoms with Gasteiger partial charge in [-0.2, -0.15) is 4.57 Å². The van der Waals surface area contributed by atoms with Crippen molar-refractivity contribution in [2.45, 2.75) is 57.8 Å². The number of hydrogen-bond acceptors (Lipinski definition) is 7. The number of rotatable bonds is 9. The van der Waals surface area contributed by atoms with Crippen molar-refractivity contribution >= 4 is 95.1 Å². The Kier molecular flexibility index (Phi) is 13.6. The fraction of sp³-hybridized carbons (Fsp3) is 0.625. The molecule has 0 atom stereocenters. The van der Waals surface area contributed by atoms with Crippen LogP contribution in [0.15, 0.2) is 30.8 Å². The van der Waals surface area contributed by atoms with Crippen LogP contribution in [0.3, 0.4) is 0 Å². The zero-order valence-electron chi connectivity index (χ0n) is 22.0. The molecule has 0 N–H and O–H groups in total. The molecule has 3 fully saturated rings. The van der Waals surface area contributed by atoms with Crippen molar-refractivity contribution < 1.29 is 32.5 Å². The lowest BCUT2D eigenvalue weighted by Gasteiger charge is -2.31. The molecule has 3 saturated heterocycles. The average molecular weight is 716 g/mol. The molecule has 0 unspecified atom stereocenters. The van der Waals surface area contributed by atoms with Crippen LogP contribution in [0.25, 0.3) is 0 Å². The molecule has 3 aliphatic heterocycles. The zero-order chi connectivity index (χ0) is 30.2. The Morgan fingerprint density at radius 2 is 0.659 bits per heavy atom. The maximum Gasteiger partial charge on any atom is 0.647 e. The van der Waals surface area contributed by atoms with Crippen LogP contribution >= 0.6 is 77.4 Å². The smallest absolute Gasteiger partial charge is 0.377 e. The van der Waals surface area contributed by atoms with Crippen LogP contribution in [-0.4, -0.2) is 71.7 Å². The van der Waals surface area contributed by atoms with E-state index in [1.807, 2.05) is 0 Å². The van der Waals surface area contributed by atoms with Crippen LogP contribution in [0.1, 0.15) is 57.8 Å². The Labute approximate surface area is 269 Å². The van der Waals surface area contributed by atoms with E-state index in [1.165, 1.54) is 14.7 Å². The summed E-state index contributed by atoms with van der Waals surface area (Å²) >= 11 is 36.0. The number of phosphoric acid groups is 1. The van der Waals surface area contributed by atoms with Gasteiger partial charge in [0.1, 0.15) is 0 Å². The van der Waals surface area contributed by atoms with Gasteiger partial charge in [-0.25, -0.2) is 0 Å². The summed E-state index contributed by atoms with van der Waals surface area (Å²) in [6.07, 6.45) is 6.98. The first-order chi connectivity index (χ1) is 19.4. The van der Waals surface area contributed by atoms with Crippen molar-refractivity contribution in [3.05, 3.63) is 30.8 Å². The molecule has 0 aromatic carbocycles. The van der Waals surface area contributed by atoms with E-state index >= 15 is 0 Å². The third kappa shape index (κ3) is 9.75. The molecule has 3 aliphatic rings. The molecule has 3 amide bonds. The van der Waals surface area contributed by atoms with E-state index in [0.29, 0.717) is 77.8 Å². The lowest BCUT2D eigenvalue weighted by molar-refractivity contribution is -0.131. The molecule has 3 heterocycles. The Hall–Kier alpha value is -1.000. The van der Waals surface area contributed by atoms with Gasteiger partial charge in [0.25, 0.3) is 17.7 Å². The number of carbonyl (C=O) groups is 3. The molecule has 3 rings (SSSR count). The molecule has 0 saturated carbocycles. The average Bonchev–Trinajstić information content (AvgIpc) is 2.97. The highest BCUT2D eigenvalue weighted by molar-refractivity contribution is 7.49. The molecule has 41 heavy (non-hydrogen) atoms. The summed E-state index contributed by atoms with van der Waals surface area (Å²) in [6, 6.07) is 0. The molecule has 230 valence electrons. The van der Waals surface area contributed by atoms with Crippen LogP contribution in [0.2, 0.25) is 0 Å². The summed E-state index contributed by atoms with van der Waals surface area (Å²) in [5.74, 6) is -4.84. The number of carbonyl (C=O) groups excluding carboxylic acids is 3. The fourth-order valence-corrected chi connectivity index (χ4v) is 6.91. The highest BCUT2D eigenvalue weighted by Crippen LogP contribution is 2.57. The first-order valence-electron chi connectivity index (χ1n) is 13.2. The highest BCUT2D eigenvalue weighted by atomic mass is 35.5. The largest absolute Gasteiger partial charge is 0.647 e. The molecule has 0 aliphatic carbocycles. The summed E-state index contributed by atoms with van der Waals surface area (Å²) in [5.41, 5.74) is 0. The van der Waals surface area contributed by atoms with Crippen molar-refractivity contribution in [1.29, 1.82) is 0 Å². The number of amides is 3. The Balaban J connectivity index is 2.00. The number of phosphoric ester groups is 1. The second-order valence-corrected chi connectivity index (χ2v) is 13.8. The van der Waals surface area contributed by atoms with E-state index in [2.05, 4.69) is 0 Å². The number of hydrogen-bond donors (Lipinski definition) is 0. The minimum atomic E-state index is -5.29. The van der Waals surface area contributed by atoms with E-state index < -0.39 is 56.3 Å². The number of halogens is 6.